The van der Waals surface area contributed by atoms with Crippen LogP contribution in [0, 0.1) is 6.92 Å². The van der Waals surface area contributed by atoms with Gasteiger partial charge in [-0.15, -0.1) is 24.0 Å². The number of benzene rings is 1. The summed E-state index contributed by atoms with van der Waals surface area (Å²) in [5.74, 6) is 1.99. The fourth-order valence-corrected chi connectivity index (χ4v) is 2.36. The second kappa shape index (κ2) is 11.1. The highest BCUT2D eigenvalue weighted by Gasteiger charge is 2.07. The smallest absolute Gasteiger partial charge is 0.191 e. The van der Waals surface area contributed by atoms with E-state index >= 15 is 0 Å². The molecule has 0 aliphatic carbocycles. The number of hydrogen-bond acceptors (Lipinski definition) is 3. The van der Waals surface area contributed by atoms with Gasteiger partial charge in [-0.3, -0.25) is 0 Å². The minimum absolute atomic E-state index is 0. The number of aromatic nitrogens is 1. The van der Waals surface area contributed by atoms with Gasteiger partial charge in [-0.1, -0.05) is 48.8 Å². The average Bonchev–Trinajstić information content (AvgIpc) is 3.06. The van der Waals surface area contributed by atoms with E-state index < -0.39 is 0 Å². The molecule has 2 N–H and O–H groups in total. The molecule has 0 saturated carbocycles. The van der Waals surface area contributed by atoms with Crippen molar-refractivity contribution in [1.29, 1.82) is 0 Å². The summed E-state index contributed by atoms with van der Waals surface area (Å²) >= 11 is 0. The predicted octanol–water partition coefficient (Wildman–Crippen LogP) is 4.02. The van der Waals surface area contributed by atoms with E-state index in [1.54, 1.807) is 0 Å². The third-order valence-electron chi connectivity index (χ3n) is 3.93. The largest absolute Gasteiger partial charge is 0.359 e. The van der Waals surface area contributed by atoms with Gasteiger partial charge in [-0.2, -0.15) is 0 Å². The third-order valence-corrected chi connectivity index (χ3v) is 3.93. The number of guanidine groups is 1. The maximum absolute atomic E-state index is 5.28. The van der Waals surface area contributed by atoms with Gasteiger partial charge in [0.25, 0.3) is 0 Å². The molecular weight excluding hydrogens is 427 g/mol. The first-order valence-electron chi connectivity index (χ1n) is 8.65. The highest BCUT2D eigenvalue weighted by Crippen LogP contribution is 2.14. The number of aryl methyl sites for hydroxylation is 2. The minimum Gasteiger partial charge on any atom is -0.359 e. The summed E-state index contributed by atoms with van der Waals surface area (Å²) in [5.41, 5.74) is 3.57. The van der Waals surface area contributed by atoms with Gasteiger partial charge in [0.15, 0.2) is 11.7 Å². The van der Waals surface area contributed by atoms with Gasteiger partial charge in [0, 0.05) is 19.2 Å². The van der Waals surface area contributed by atoms with Gasteiger partial charge in [0.1, 0.15) is 6.54 Å². The van der Waals surface area contributed by atoms with E-state index in [0.29, 0.717) is 12.5 Å². The van der Waals surface area contributed by atoms with E-state index in [2.05, 4.69) is 72.7 Å². The summed E-state index contributed by atoms with van der Waals surface area (Å²) in [6.45, 7) is 10.6. The first-order chi connectivity index (χ1) is 11.6. The van der Waals surface area contributed by atoms with Crippen LogP contribution >= 0.6 is 24.0 Å². The van der Waals surface area contributed by atoms with E-state index in [1.807, 2.05) is 6.07 Å². The van der Waals surface area contributed by atoms with Crippen LogP contribution in [0.25, 0.3) is 0 Å². The molecule has 1 heterocycles. The first kappa shape index (κ1) is 21.5. The van der Waals surface area contributed by atoms with Crippen LogP contribution in [-0.4, -0.2) is 24.2 Å². The number of hydrogen-bond donors (Lipinski definition) is 2. The van der Waals surface area contributed by atoms with E-state index in [1.165, 1.54) is 11.1 Å². The summed E-state index contributed by atoms with van der Waals surface area (Å²) < 4.78 is 5.28. The minimum atomic E-state index is 0. The van der Waals surface area contributed by atoms with Crippen molar-refractivity contribution in [2.24, 2.45) is 4.99 Å². The molecular formula is C19H29IN4O. The van der Waals surface area contributed by atoms with Crippen molar-refractivity contribution in [3.8, 4) is 0 Å². The van der Waals surface area contributed by atoms with Gasteiger partial charge in [-0.05, 0) is 31.7 Å². The molecule has 1 unspecified atom stereocenters. The molecule has 1 aromatic heterocycles. The molecule has 25 heavy (non-hydrogen) atoms. The Labute approximate surface area is 167 Å². The zero-order chi connectivity index (χ0) is 17.4. The van der Waals surface area contributed by atoms with Crippen molar-refractivity contribution in [2.75, 3.05) is 13.1 Å². The number of aliphatic imine (C=N–C) groups is 1. The topological polar surface area (TPSA) is 62.5 Å². The molecule has 2 rings (SSSR count). The molecule has 1 atom stereocenters. The van der Waals surface area contributed by atoms with Crippen molar-refractivity contribution < 1.29 is 4.52 Å². The maximum Gasteiger partial charge on any atom is 0.191 e. The lowest BCUT2D eigenvalue weighted by atomic mass is 10.0. The van der Waals surface area contributed by atoms with E-state index in [4.69, 9.17) is 4.52 Å². The predicted molar refractivity (Wildman–Crippen MR) is 114 cm³/mol. The lowest BCUT2D eigenvalue weighted by Gasteiger charge is -2.16. The molecule has 1 aromatic carbocycles. The van der Waals surface area contributed by atoms with Crippen LogP contribution in [-0.2, 0) is 13.0 Å². The third kappa shape index (κ3) is 7.05. The Hall–Kier alpha value is -1.57. The molecule has 0 amide bonds. The van der Waals surface area contributed by atoms with Gasteiger partial charge < -0.3 is 15.2 Å². The van der Waals surface area contributed by atoms with E-state index in [0.717, 1.165) is 36.9 Å². The van der Waals surface area contributed by atoms with Crippen LogP contribution < -0.4 is 10.6 Å². The molecule has 0 fully saturated rings. The van der Waals surface area contributed by atoms with Crippen molar-refractivity contribution in [2.45, 2.75) is 46.6 Å². The lowest BCUT2D eigenvalue weighted by molar-refractivity contribution is 0.379. The van der Waals surface area contributed by atoms with Crippen LogP contribution in [0.15, 0.2) is 39.8 Å². The molecule has 5 nitrogen and oxygen atoms in total. The van der Waals surface area contributed by atoms with Gasteiger partial charge in [0.2, 0.25) is 0 Å². The summed E-state index contributed by atoms with van der Waals surface area (Å²) in [4.78, 5) is 4.57. The fraction of sp³-hybridized carbons (Fsp3) is 0.474. The normalized spacial score (nSPS) is 12.4. The van der Waals surface area contributed by atoms with Crippen LogP contribution in [0.1, 0.15) is 49.3 Å². The number of rotatable bonds is 7. The Morgan fingerprint density at radius 1 is 1.20 bits per heavy atom. The molecule has 0 bridgehead atoms. The second-order valence-corrected chi connectivity index (χ2v) is 6.03. The van der Waals surface area contributed by atoms with Gasteiger partial charge >= 0.3 is 0 Å². The van der Waals surface area contributed by atoms with E-state index in [-0.39, 0.29) is 24.0 Å². The summed E-state index contributed by atoms with van der Waals surface area (Å²) in [5, 5.41) is 10.7. The Morgan fingerprint density at radius 3 is 2.52 bits per heavy atom. The molecule has 0 aliphatic heterocycles. The standard InChI is InChI=1S/C19H28N4O.HI/c1-5-17-11-18(24-23-17)13-22-19(20-6-2)21-12-15(4)16-9-7-14(3)8-10-16;/h7-11,15H,5-6,12-13H2,1-4H3,(H2,20,21,22);1H. The Bertz CT molecular complexity index is 652. The quantitative estimate of drug-likeness (QED) is 0.375. The Morgan fingerprint density at radius 2 is 1.92 bits per heavy atom. The lowest BCUT2D eigenvalue weighted by Crippen LogP contribution is -2.39. The summed E-state index contributed by atoms with van der Waals surface area (Å²) in [6, 6.07) is 10.6. The van der Waals surface area contributed by atoms with Gasteiger partial charge in [-0.25, -0.2) is 4.99 Å². The molecule has 0 aliphatic rings. The van der Waals surface area contributed by atoms with E-state index in [9.17, 15) is 0 Å². The van der Waals surface area contributed by atoms with Crippen LogP contribution in [0.4, 0.5) is 0 Å². The SMILES string of the molecule is CCNC(=NCc1cc(CC)no1)NCC(C)c1ccc(C)cc1.I. The fourth-order valence-electron chi connectivity index (χ4n) is 2.36. The van der Waals surface area contributed by atoms with Gasteiger partial charge in [0.05, 0.1) is 5.69 Å². The monoisotopic (exact) mass is 456 g/mol. The number of nitrogens with zero attached hydrogens (tertiary/aromatic N) is 2. The van der Waals surface area contributed by atoms with Crippen molar-refractivity contribution in [3.63, 3.8) is 0 Å². The zero-order valence-corrected chi connectivity index (χ0v) is 17.8. The zero-order valence-electron chi connectivity index (χ0n) is 15.5. The highest BCUT2D eigenvalue weighted by molar-refractivity contribution is 14.0. The second-order valence-electron chi connectivity index (χ2n) is 6.03. The highest BCUT2D eigenvalue weighted by atomic mass is 127. The molecule has 0 spiro atoms. The maximum atomic E-state index is 5.28. The number of nitrogens with one attached hydrogen (secondary N) is 2. The van der Waals surface area contributed by atoms with Crippen molar-refractivity contribution in [1.82, 2.24) is 15.8 Å². The van der Waals surface area contributed by atoms with Crippen LogP contribution in [0.3, 0.4) is 0 Å². The number of halogens is 1. The van der Waals surface area contributed by atoms with Crippen LogP contribution in [0.5, 0.6) is 0 Å². The molecule has 138 valence electrons. The molecule has 0 radical (unpaired) electrons. The molecule has 2 aromatic rings. The summed E-state index contributed by atoms with van der Waals surface area (Å²) in [7, 11) is 0. The Kier molecular flexibility index (Phi) is 9.55. The Balaban J connectivity index is 0.00000312. The van der Waals surface area contributed by atoms with Crippen molar-refractivity contribution in [3.05, 3.63) is 52.9 Å². The average molecular weight is 456 g/mol. The van der Waals surface area contributed by atoms with Crippen molar-refractivity contribution >= 4 is 29.9 Å². The van der Waals surface area contributed by atoms with Crippen LogP contribution in [0.2, 0.25) is 0 Å². The molecule has 6 heteroatoms. The summed E-state index contributed by atoms with van der Waals surface area (Å²) in [6.07, 6.45) is 0.875. The first-order valence-corrected chi connectivity index (χ1v) is 8.65. The molecule has 0 saturated heterocycles.